The Morgan fingerprint density at radius 3 is 2.73 bits per heavy atom. The zero-order valence-electron chi connectivity index (χ0n) is 17.3. The maximum absolute atomic E-state index is 14.0. The Morgan fingerprint density at radius 1 is 1.23 bits per heavy atom. The lowest BCUT2D eigenvalue weighted by Gasteiger charge is -2.35. The number of esters is 1. The highest BCUT2D eigenvalue weighted by atomic mass is 32.2. The van der Waals surface area contributed by atoms with Crippen LogP contribution in [0.1, 0.15) is 43.4 Å². The maximum Gasteiger partial charge on any atom is 0.309 e. The van der Waals surface area contributed by atoms with Gasteiger partial charge >= 0.3 is 5.97 Å². The highest BCUT2D eigenvalue weighted by molar-refractivity contribution is 8.01. The van der Waals surface area contributed by atoms with Crippen LogP contribution >= 0.6 is 11.8 Å². The molecular formula is C25H25FO3S. The molecule has 0 aromatic heterocycles. The van der Waals surface area contributed by atoms with Crippen molar-refractivity contribution in [2.75, 3.05) is 0 Å². The molecular weight excluding hydrogens is 399 g/mol. The summed E-state index contributed by atoms with van der Waals surface area (Å²) in [4.78, 5) is 12.9. The van der Waals surface area contributed by atoms with E-state index in [1.54, 1.807) is 18.7 Å². The predicted molar refractivity (Wildman–Crippen MR) is 118 cm³/mol. The second-order valence-electron chi connectivity index (χ2n) is 8.34. The number of ether oxygens (including phenoxy) is 1. The van der Waals surface area contributed by atoms with Gasteiger partial charge in [-0.3, -0.25) is 4.79 Å². The Bertz CT molecular complexity index is 1050. The van der Waals surface area contributed by atoms with Crippen molar-refractivity contribution in [2.24, 2.45) is 0 Å². The van der Waals surface area contributed by atoms with Gasteiger partial charge in [-0.25, -0.2) is 4.39 Å². The van der Waals surface area contributed by atoms with E-state index in [0.29, 0.717) is 12.0 Å². The number of aliphatic hydroxyl groups is 1. The second-order valence-corrected chi connectivity index (χ2v) is 10.0. The third-order valence-corrected chi connectivity index (χ3v) is 6.86. The van der Waals surface area contributed by atoms with Crippen molar-refractivity contribution in [3.05, 3.63) is 82.7 Å². The fourth-order valence-corrected chi connectivity index (χ4v) is 5.32. The highest BCUT2D eigenvalue weighted by Gasteiger charge is 2.34. The first kappa shape index (κ1) is 20.9. The van der Waals surface area contributed by atoms with E-state index in [-0.39, 0.29) is 23.0 Å². The molecule has 0 aliphatic carbocycles. The number of benzene rings is 2. The molecule has 2 atom stereocenters. The third kappa shape index (κ3) is 4.09. The summed E-state index contributed by atoms with van der Waals surface area (Å²) in [5.41, 5.74) is 4.79. The first-order valence-electron chi connectivity index (χ1n) is 10.1. The summed E-state index contributed by atoms with van der Waals surface area (Å²) in [7, 11) is 0. The summed E-state index contributed by atoms with van der Waals surface area (Å²) in [5, 5.41) is 9.92. The number of aryl methyl sites for hydroxylation is 1. The van der Waals surface area contributed by atoms with E-state index in [1.165, 1.54) is 11.0 Å². The number of thioether (sulfide) groups is 1. The molecule has 3 nitrogen and oxygen atoms in total. The van der Waals surface area contributed by atoms with Crippen LogP contribution in [-0.4, -0.2) is 28.0 Å². The van der Waals surface area contributed by atoms with Gasteiger partial charge in [-0.2, -0.15) is 0 Å². The second kappa shape index (κ2) is 8.05. The number of hydrogen-bond donors (Lipinski definition) is 1. The lowest BCUT2D eigenvalue weighted by atomic mass is 9.85. The highest BCUT2D eigenvalue weighted by Crippen LogP contribution is 2.51. The van der Waals surface area contributed by atoms with Crippen LogP contribution < -0.4 is 0 Å². The molecule has 2 heterocycles. The number of carbonyl (C=O) groups is 1. The summed E-state index contributed by atoms with van der Waals surface area (Å²) >= 11 is 1.78. The molecule has 0 spiro atoms. The van der Waals surface area contributed by atoms with Gasteiger partial charge in [0, 0.05) is 16.1 Å². The molecule has 1 saturated heterocycles. The topological polar surface area (TPSA) is 46.5 Å². The van der Waals surface area contributed by atoms with Crippen LogP contribution in [0.25, 0.3) is 5.57 Å². The molecule has 2 aromatic rings. The molecule has 0 saturated carbocycles. The molecule has 5 heteroatoms. The van der Waals surface area contributed by atoms with E-state index in [1.807, 2.05) is 36.4 Å². The van der Waals surface area contributed by atoms with E-state index in [2.05, 4.69) is 26.0 Å². The van der Waals surface area contributed by atoms with Gasteiger partial charge in [-0.15, -0.1) is 11.8 Å². The van der Waals surface area contributed by atoms with Gasteiger partial charge < -0.3 is 9.84 Å². The number of carbonyl (C=O) groups excluding carboxylic acids is 1. The summed E-state index contributed by atoms with van der Waals surface area (Å²) in [6, 6.07) is 13.4. The normalized spacial score (nSPS) is 23.4. The van der Waals surface area contributed by atoms with E-state index in [9.17, 15) is 14.3 Å². The SMILES string of the molecule is Cc1cc(C2=C(C=C[C@H]3C[C@H](O)CC(=O)O3)C(C)(C)Sc3ccccc32)ccc1F. The Morgan fingerprint density at radius 2 is 2.00 bits per heavy atom. The number of allylic oxidation sites excluding steroid dienone is 1. The van der Waals surface area contributed by atoms with Crippen molar-refractivity contribution in [3.8, 4) is 0 Å². The Labute approximate surface area is 180 Å². The predicted octanol–water partition coefficient (Wildman–Crippen LogP) is 5.44. The average molecular weight is 425 g/mol. The summed E-state index contributed by atoms with van der Waals surface area (Å²) in [5.74, 6) is -0.605. The minimum Gasteiger partial charge on any atom is -0.458 e. The fraction of sp³-hybridized carbons (Fsp3) is 0.320. The molecule has 1 fully saturated rings. The first-order chi connectivity index (χ1) is 14.2. The van der Waals surface area contributed by atoms with Gasteiger partial charge in [0.25, 0.3) is 0 Å². The van der Waals surface area contributed by atoms with Gasteiger partial charge in [0.15, 0.2) is 0 Å². The minimum absolute atomic E-state index is 0.0435. The fourth-order valence-electron chi connectivity index (χ4n) is 4.06. The van der Waals surface area contributed by atoms with E-state index in [4.69, 9.17) is 4.74 Å². The molecule has 156 valence electrons. The van der Waals surface area contributed by atoms with Crippen molar-refractivity contribution in [1.82, 2.24) is 0 Å². The zero-order valence-corrected chi connectivity index (χ0v) is 18.1. The van der Waals surface area contributed by atoms with E-state index in [0.717, 1.165) is 22.3 Å². The molecule has 0 unspecified atom stereocenters. The summed E-state index contributed by atoms with van der Waals surface area (Å²) in [6.07, 6.45) is 3.17. The van der Waals surface area contributed by atoms with E-state index < -0.39 is 12.2 Å². The van der Waals surface area contributed by atoms with Crippen LogP contribution in [0.5, 0.6) is 0 Å². The first-order valence-corrected chi connectivity index (χ1v) is 10.9. The number of halogens is 1. The number of fused-ring (bicyclic) bond motifs is 1. The standard InChI is InChI=1S/C25H25FO3S/c1-15-12-16(8-11-21(15)26)24-19-6-4-5-7-22(19)30-25(2,3)20(24)10-9-18-13-17(27)14-23(28)29-18/h4-12,17-18,27H,13-14H2,1-3H3/t17-,18-/m0/s1. The van der Waals surface area contributed by atoms with Crippen LogP contribution in [0.4, 0.5) is 4.39 Å². The lowest BCUT2D eigenvalue weighted by Crippen LogP contribution is -2.31. The quantitative estimate of drug-likeness (QED) is 0.666. The van der Waals surface area contributed by atoms with Crippen LogP contribution in [0.2, 0.25) is 0 Å². The van der Waals surface area contributed by atoms with Crippen molar-refractivity contribution in [2.45, 2.75) is 55.5 Å². The van der Waals surface area contributed by atoms with Gasteiger partial charge in [0.1, 0.15) is 11.9 Å². The zero-order chi connectivity index (χ0) is 21.5. The Balaban J connectivity index is 1.86. The average Bonchev–Trinajstić information content (AvgIpc) is 2.67. The van der Waals surface area contributed by atoms with Crippen molar-refractivity contribution in [3.63, 3.8) is 0 Å². The van der Waals surface area contributed by atoms with Crippen molar-refractivity contribution < 1.29 is 19.0 Å². The summed E-state index contributed by atoms with van der Waals surface area (Å²) < 4.78 is 19.1. The molecule has 0 amide bonds. The van der Waals surface area contributed by atoms with Gasteiger partial charge in [0.05, 0.1) is 12.5 Å². The molecule has 2 aromatic carbocycles. The molecule has 2 aliphatic rings. The molecule has 30 heavy (non-hydrogen) atoms. The molecule has 2 aliphatic heterocycles. The van der Waals surface area contributed by atoms with Gasteiger partial charge in [0.2, 0.25) is 0 Å². The van der Waals surface area contributed by atoms with Gasteiger partial charge in [-0.05, 0) is 72.9 Å². The van der Waals surface area contributed by atoms with Crippen LogP contribution in [0.15, 0.2) is 65.1 Å². The molecule has 1 N–H and O–H groups in total. The third-order valence-electron chi connectivity index (χ3n) is 5.55. The van der Waals surface area contributed by atoms with E-state index >= 15 is 0 Å². The molecule has 0 bridgehead atoms. The smallest absolute Gasteiger partial charge is 0.309 e. The van der Waals surface area contributed by atoms with Crippen molar-refractivity contribution >= 4 is 23.3 Å². The molecule has 0 radical (unpaired) electrons. The number of rotatable bonds is 3. The Kier molecular flexibility index (Phi) is 5.60. The molecule has 4 rings (SSSR count). The Hall–Kier alpha value is -2.37. The lowest BCUT2D eigenvalue weighted by molar-refractivity contribution is -0.156. The number of hydrogen-bond acceptors (Lipinski definition) is 4. The van der Waals surface area contributed by atoms with Crippen LogP contribution in [0, 0.1) is 12.7 Å². The van der Waals surface area contributed by atoms with Crippen LogP contribution in [-0.2, 0) is 9.53 Å². The largest absolute Gasteiger partial charge is 0.458 e. The monoisotopic (exact) mass is 424 g/mol. The number of aliphatic hydroxyl groups excluding tert-OH is 1. The van der Waals surface area contributed by atoms with Crippen LogP contribution in [0.3, 0.4) is 0 Å². The minimum atomic E-state index is -0.677. The van der Waals surface area contributed by atoms with Crippen molar-refractivity contribution in [1.29, 1.82) is 0 Å². The number of cyclic esters (lactones) is 1. The maximum atomic E-state index is 14.0. The van der Waals surface area contributed by atoms with Gasteiger partial charge in [-0.1, -0.05) is 30.3 Å². The summed E-state index contributed by atoms with van der Waals surface area (Å²) in [6.45, 7) is 6.09.